The maximum atomic E-state index is 8.17. The van der Waals surface area contributed by atoms with E-state index in [9.17, 15) is 0 Å². The first-order valence-electron chi connectivity index (χ1n) is 12.9. The Kier molecular flexibility index (Phi) is 6.76. The Morgan fingerprint density at radius 2 is 1.57 bits per heavy atom. The molecule has 2 atom stereocenters. The fourth-order valence-corrected chi connectivity index (χ4v) is 35.9. The van der Waals surface area contributed by atoms with Crippen LogP contribution in [0.25, 0.3) is 23.3 Å². The second-order valence-electron chi connectivity index (χ2n) is 10.9. The summed E-state index contributed by atoms with van der Waals surface area (Å²) >= 11 is -4.47. The second-order valence-corrected chi connectivity index (χ2v) is 53.6. The van der Waals surface area contributed by atoms with E-state index in [1.807, 2.05) is 0 Å². The van der Waals surface area contributed by atoms with Gasteiger partial charge in [-0.25, -0.2) is 0 Å². The molecule has 2 unspecified atom stereocenters. The Balaban J connectivity index is 1.69. The van der Waals surface area contributed by atoms with Crippen LogP contribution in [0.5, 0.6) is 0 Å². The summed E-state index contributed by atoms with van der Waals surface area (Å²) in [4.78, 5) is 0. The third kappa shape index (κ3) is 3.95. The summed E-state index contributed by atoms with van der Waals surface area (Å²) in [7, 11) is 16.3. The molecule has 0 nitrogen and oxygen atoms in total. The van der Waals surface area contributed by atoms with Crippen LogP contribution in [0.15, 0.2) is 78.4 Å². The molecule has 3 aromatic carbocycles. The zero-order chi connectivity index (χ0) is 25.0. The Labute approximate surface area is 219 Å². The number of allylic oxidation sites excluding steroid dienone is 2. The molecule has 2 aliphatic rings. The van der Waals surface area contributed by atoms with Crippen LogP contribution in [-0.2, 0) is 15.6 Å². The Morgan fingerprint density at radius 3 is 2.23 bits per heavy atom. The molecule has 0 heterocycles. The monoisotopic (exact) mass is 595 g/mol. The molecule has 0 fully saturated rings. The SMILES string of the molecule is CCC1=Cc2c(-c3ccc(C(C)C)cc3)cccc2[CH]1[Zr]([Cl])([Cl])([CH]1C=Cc2ccccc21)[SiH](C)C. The maximum absolute atomic E-state index is 8.17. The van der Waals surface area contributed by atoms with Crippen LogP contribution >= 0.6 is 17.0 Å². The summed E-state index contributed by atoms with van der Waals surface area (Å²) in [5, 5.41) is 0. The van der Waals surface area contributed by atoms with Gasteiger partial charge in [0.2, 0.25) is 0 Å². The van der Waals surface area contributed by atoms with Crippen LogP contribution in [0.1, 0.15) is 68.2 Å². The molecular weight excluding hydrogens is 563 g/mol. The molecule has 0 saturated heterocycles. The third-order valence-corrected chi connectivity index (χ3v) is 60.5. The van der Waals surface area contributed by atoms with Crippen LogP contribution in [0.2, 0.25) is 13.1 Å². The van der Waals surface area contributed by atoms with Crippen molar-refractivity contribution in [2.75, 3.05) is 0 Å². The average Bonchev–Trinajstić information content (AvgIpc) is 3.46. The van der Waals surface area contributed by atoms with E-state index in [4.69, 9.17) is 17.0 Å². The number of rotatable bonds is 6. The van der Waals surface area contributed by atoms with Gasteiger partial charge in [0.1, 0.15) is 0 Å². The summed E-state index contributed by atoms with van der Waals surface area (Å²) in [6, 6.07) is 24.6. The van der Waals surface area contributed by atoms with Crippen molar-refractivity contribution in [2.45, 2.75) is 53.5 Å². The van der Waals surface area contributed by atoms with Crippen LogP contribution < -0.4 is 0 Å². The first-order valence-corrected chi connectivity index (χ1v) is 29.3. The van der Waals surface area contributed by atoms with Gasteiger partial charge in [-0.15, -0.1) is 0 Å². The molecule has 0 N–H and O–H groups in total. The van der Waals surface area contributed by atoms with Gasteiger partial charge in [-0.1, -0.05) is 0 Å². The van der Waals surface area contributed by atoms with Gasteiger partial charge in [0.15, 0.2) is 0 Å². The summed E-state index contributed by atoms with van der Waals surface area (Å²) < 4.78 is 0.338. The fourth-order valence-electron chi connectivity index (χ4n) is 6.32. The summed E-state index contributed by atoms with van der Waals surface area (Å²) in [5.41, 5.74) is 10.7. The van der Waals surface area contributed by atoms with Crippen molar-refractivity contribution in [1.82, 2.24) is 0 Å². The predicted molar refractivity (Wildman–Crippen MR) is 156 cm³/mol. The summed E-state index contributed by atoms with van der Waals surface area (Å²) in [5.74, 6) is -0.922. The Bertz CT molecular complexity index is 1330. The summed E-state index contributed by atoms with van der Waals surface area (Å²) in [6.45, 7) is 11.6. The van der Waals surface area contributed by atoms with Crippen molar-refractivity contribution < 1.29 is 15.6 Å². The van der Waals surface area contributed by atoms with Crippen molar-refractivity contribution in [3.05, 3.63) is 106 Å². The Morgan fingerprint density at radius 1 is 0.886 bits per heavy atom. The molecule has 0 aromatic heterocycles. The molecule has 2 aliphatic carbocycles. The molecule has 3 aromatic rings. The fraction of sp³-hybridized carbons (Fsp3) is 0.290. The van der Waals surface area contributed by atoms with Crippen molar-refractivity contribution in [3.63, 3.8) is 0 Å². The zero-order valence-electron chi connectivity index (χ0n) is 21.4. The molecule has 5 rings (SSSR count). The molecule has 35 heavy (non-hydrogen) atoms. The van der Waals surface area contributed by atoms with Crippen molar-refractivity contribution in [2.24, 2.45) is 0 Å². The third-order valence-electron chi connectivity index (χ3n) is 8.50. The number of halogens is 2. The number of hydrogen-bond acceptors (Lipinski definition) is 0. The first-order chi connectivity index (χ1) is 16.7. The Hall–Kier alpha value is -1.18. The van der Waals surface area contributed by atoms with Gasteiger partial charge in [-0.2, -0.15) is 0 Å². The van der Waals surface area contributed by atoms with Crippen LogP contribution in [0.3, 0.4) is 0 Å². The molecule has 4 heteroatoms. The predicted octanol–water partition coefficient (Wildman–Crippen LogP) is 10.1. The number of benzene rings is 3. The van der Waals surface area contributed by atoms with Crippen LogP contribution in [0.4, 0.5) is 0 Å². The molecule has 0 bridgehead atoms. The minimum atomic E-state index is -4.47. The van der Waals surface area contributed by atoms with E-state index in [2.05, 4.69) is 119 Å². The molecule has 0 amide bonds. The standard InChI is InChI=1S/C20H21.C9H7.C2H7Si.2ClH.Zr/c1-4-15-12-18-6-5-7-19(20(18)13-15)17-10-8-16(9-11-17)14(2)3;1-2-5-9-7-3-6-8(9)4-1;1-3-2;;;/h5-14H,4H2,1-3H3;1-7H;3H,1-2H3;2*1H;/q;;;;;+2/p-2. The van der Waals surface area contributed by atoms with Crippen LogP contribution in [0, 0.1) is 0 Å². The molecule has 0 saturated carbocycles. The normalized spacial score (nSPS) is 20.0. The van der Waals surface area contributed by atoms with Gasteiger partial charge in [-0.05, 0) is 0 Å². The molecular formula is C31H35Cl2SiZr. The molecule has 0 aliphatic heterocycles. The molecule has 0 radical (unpaired) electrons. The van der Waals surface area contributed by atoms with Crippen molar-refractivity contribution >= 4 is 35.1 Å². The van der Waals surface area contributed by atoms with Gasteiger partial charge in [0.25, 0.3) is 0 Å². The summed E-state index contributed by atoms with van der Waals surface area (Å²) in [6.07, 6.45) is 8.02. The average molecular weight is 598 g/mol. The topological polar surface area (TPSA) is 0 Å². The van der Waals surface area contributed by atoms with Crippen LogP contribution in [-0.4, -0.2) is 5.92 Å². The zero-order valence-corrected chi connectivity index (χ0v) is 26.5. The molecule has 181 valence electrons. The van der Waals surface area contributed by atoms with E-state index >= 15 is 0 Å². The quantitative estimate of drug-likeness (QED) is 0.248. The van der Waals surface area contributed by atoms with Gasteiger partial charge < -0.3 is 0 Å². The molecule has 0 spiro atoms. The van der Waals surface area contributed by atoms with Gasteiger partial charge in [-0.3, -0.25) is 0 Å². The van der Waals surface area contributed by atoms with Crippen molar-refractivity contribution in [1.29, 1.82) is 0 Å². The van der Waals surface area contributed by atoms with Gasteiger partial charge in [0.05, 0.1) is 0 Å². The number of fused-ring (bicyclic) bond motifs is 2. The van der Waals surface area contributed by atoms with E-state index < -0.39 is 21.5 Å². The minimum absolute atomic E-state index is 0.169. The van der Waals surface area contributed by atoms with Gasteiger partial charge >= 0.3 is 221 Å². The van der Waals surface area contributed by atoms with E-state index in [0.717, 1.165) is 6.42 Å². The second kappa shape index (κ2) is 9.29. The van der Waals surface area contributed by atoms with E-state index in [-0.39, 0.29) is 7.25 Å². The van der Waals surface area contributed by atoms with Crippen molar-refractivity contribution in [3.8, 4) is 11.1 Å². The first kappa shape index (κ1) is 25.5. The number of hydrogen-bond donors (Lipinski definition) is 0. The van der Waals surface area contributed by atoms with E-state index in [1.165, 1.54) is 44.5 Å². The van der Waals surface area contributed by atoms with E-state index in [1.54, 1.807) is 0 Å². The van der Waals surface area contributed by atoms with Gasteiger partial charge in [0, 0.05) is 0 Å². The van der Waals surface area contributed by atoms with E-state index in [0.29, 0.717) is 5.92 Å².